The molecule has 3 nitrogen and oxygen atoms in total. The van der Waals surface area contributed by atoms with Crippen molar-refractivity contribution in [1.29, 1.82) is 0 Å². The van der Waals surface area contributed by atoms with Gasteiger partial charge in [0.1, 0.15) is 6.10 Å². The minimum atomic E-state index is -1.57. The topological polar surface area (TPSA) is 38.3 Å². The van der Waals surface area contributed by atoms with Crippen molar-refractivity contribution in [1.82, 2.24) is 0 Å². The molecule has 0 spiro atoms. The first-order valence-corrected chi connectivity index (χ1v) is 4.44. The van der Waals surface area contributed by atoms with Crippen LogP contribution in [-0.2, 0) is 9.53 Å². The Labute approximate surface area is 90.2 Å². The first-order chi connectivity index (χ1) is 7.45. The molecule has 0 heterocycles. The van der Waals surface area contributed by atoms with Crippen LogP contribution in [-0.4, -0.2) is 19.1 Å². The Morgan fingerprint density at radius 1 is 1.31 bits per heavy atom. The van der Waals surface area contributed by atoms with Crippen LogP contribution < -0.4 is 5.32 Å². The molecular weight excluding hydrogens is 223 g/mol. The summed E-state index contributed by atoms with van der Waals surface area (Å²) in [6, 6.07) is 1.39. The van der Waals surface area contributed by atoms with Crippen molar-refractivity contribution in [2.24, 2.45) is 0 Å². The number of carbonyl (C=O) groups is 1. The fourth-order valence-corrected chi connectivity index (χ4v) is 0.979. The highest BCUT2D eigenvalue weighted by atomic mass is 19.2. The first kappa shape index (κ1) is 12.5. The van der Waals surface area contributed by atoms with Crippen molar-refractivity contribution < 1.29 is 22.7 Å². The summed E-state index contributed by atoms with van der Waals surface area (Å²) in [6.07, 6.45) is -0.767. The third kappa shape index (κ3) is 2.73. The normalized spacial score (nSPS) is 12.3. The molecule has 0 aliphatic heterocycles. The van der Waals surface area contributed by atoms with Crippen LogP contribution in [0.15, 0.2) is 12.1 Å². The molecule has 1 rings (SSSR count). The number of anilines is 1. The second-order valence-corrected chi connectivity index (χ2v) is 3.12. The molecule has 0 radical (unpaired) electrons. The van der Waals surface area contributed by atoms with E-state index in [4.69, 9.17) is 4.74 Å². The number of amides is 1. The van der Waals surface area contributed by atoms with E-state index in [9.17, 15) is 18.0 Å². The second-order valence-electron chi connectivity index (χ2n) is 3.12. The minimum Gasteiger partial charge on any atom is -0.372 e. The Balaban J connectivity index is 2.87. The smallest absolute Gasteiger partial charge is 0.253 e. The van der Waals surface area contributed by atoms with Crippen LogP contribution in [0.1, 0.15) is 6.92 Å². The summed E-state index contributed by atoms with van der Waals surface area (Å²) in [5, 5.41) is 2.19. The van der Waals surface area contributed by atoms with Crippen LogP contribution in [0.25, 0.3) is 0 Å². The van der Waals surface area contributed by atoms with Crippen LogP contribution in [0, 0.1) is 17.5 Å². The van der Waals surface area contributed by atoms with E-state index in [2.05, 4.69) is 5.32 Å². The lowest BCUT2D eigenvalue weighted by atomic mass is 10.2. The van der Waals surface area contributed by atoms with Crippen molar-refractivity contribution in [3.8, 4) is 0 Å². The molecule has 0 aliphatic carbocycles. The number of carbonyl (C=O) groups excluding carboxylic acids is 1. The van der Waals surface area contributed by atoms with Gasteiger partial charge in [0.05, 0.1) is 0 Å². The number of nitrogens with one attached hydrogen (secondary N) is 1. The van der Waals surface area contributed by atoms with E-state index in [-0.39, 0.29) is 5.69 Å². The number of halogens is 3. The number of methoxy groups -OCH3 is 1. The van der Waals surface area contributed by atoms with Gasteiger partial charge in [-0.1, -0.05) is 0 Å². The zero-order chi connectivity index (χ0) is 12.3. The van der Waals surface area contributed by atoms with Gasteiger partial charge in [-0.2, -0.15) is 0 Å². The van der Waals surface area contributed by atoms with Gasteiger partial charge in [0.15, 0.2) is 17.5 Å². The maximum absolute atomic E-state index is 12.8. The van der Waals surface area contributed by atoms with Gasteiger partial charge in [-0.3, -0.25) is 4.79 Å². The number of hydrogen-bond acceptors (Lipinski definition) is 2. The predicted molar refractivity (Wildman–Crippen MR) is 51.4 cm³/mol. The fourth-order valence-electron chi connectivity index (χ4n) is 0.979. The van der Waals surface area contributed by atoms with Gasteiger partial charge in [0.2, 0.25) is 0 Å². The molecule has 1 atom stereocenters. The molecule has 1 N–H and O–H groups in total. The zero-order valence-electron chi connectivity index (χ0n) is 8.68. The van der Waals surface area contributed by atoms with E-state index >= 15 is 0 Å². The Morgan fingerprint density at radius 3 is 2.25 bits per heavy atom. The summed E-state index contributed by atoms with van der Waals surface area (Å²) in [6.45, 7) is 1.46. The largest absolute Gasteiger partial charge is 0.372 e. The third-order valence-electron chi connectivity index (χ3n) is 1.97. The van der Waals surface area contributed by atoms with E-state index in [0.717, 1.165) is 0 Å². The second kappa shape index (κ2) is 4.98. The maximum Gasteiger partial charge on any atom is 0.253 e. The molecule has 0 saturated heterocycles. The number of benzene rings is 1. The van der Waals surface area contributed by atoms with E-state index in [1.807, 2.05) is 0 Å². The van der Waals surface area contributed by atoms with E-state index < -0.39 is 29.5 Å². The van der Waals surface area contributed by atoms with E-state index in [1.165, 1.54) is 14.0 Å². The molecule has 0 fully saturated rings. The molecule has 0 aliphatic rings. The Bertz CT molecular complexity index is 386. The molecule has 0 aromatic heterocycles. The highest BCUT2D eigenvalue weighted by Crippen LogP contribution is 2.17. The maximum atomic E-state index is 12.8. The molecule has 1 unspecified atom stereocenters. The number of hydrogen-bond donors (Lipinski definition) is 1. The van der Waals surface area contributed by atoms with Crippen LogP contribution >= 0.6 is 0 Å². The number of rotatable bonds is 3. The van der Waals surface area contributed by atoms with Crippen LogP contribution in [0.3, 0.4) is 0 Å². The van der Waals surface area contributed by atoms with Crippen LogP contribution in [0.4, 0.5) is 18.9 Å². The monoisotopic (exact) mass is 233 g/mol. The molecule has 1 aromatic carbocycles. The van der Waals surface area contributed by atoms with Gasteiger partial charge in [-0.15, -0.1) is 0 Å². The van der Waals surface area contributed by atoms with Gasteiger partial charge in [0, 0.05) is 24.9 Å². The molecule has 0 saturated carbocycles. The van der Waals surface area contributed by atoms with Gasteiger partial charge >= 0.3 is 0 Å². The standard InChI is InChI=1S/C10H10F3NO2/c1-5(16-2)10(15)14-6-3-7(11)9(13)8(12)4-6/h3-5H,1-2H3,(H,14,15). The minimum absolute atomic E-state index is 0.162. The fraction of sp³-hybridized carbons (Fsp3) is 0.300. The molecular formula is C10H10F3NO2. The summed E-state index contributed by atoms with van der Waals surface area (Å²) >= 11 is 0. The van der Waals surface area contributed by atoms with E-state index in [0.29, 0.717) is 12.1 Å². The zero-order valence-corrected chi connectivity index (χ0v) is 8.68. The first-order valence-electron chi connectivity index (χ1n) is 4.44. The third-order valence-corrected chi connectivity index (χ3v) is 1.97. The summed E-state index contributed by atoms with van der Waals surface area (Å²) in [5.41, 5.74) is -0.162. The average molecular weight is 233 g/mol. The van der Waals surface area contributed by atoms with E-state index in [1.54, 1.807) is 0 Å². The SMILES string of the molecule is COC(C)C(=O)Nc1cc(F)c(F)c(F)c1. The summed E-state index contributed by atoms with van der Waals surface area (Å²) in [4.78, 5) is 11.3. The molecule has 1 amide bonds. The Kier molecular flexibility index (Phi) is 3.89. The lowest BCUT2D eigenvalue weighted by Gasteiger charge is -2.10. The summed E-state index contributed by atoms with van der Waals surface area (Å²) in [7, 11) is 1.32. The van der Waals surface area contributed by atoms with Gasteiger partial charge < -0.3 is 10.1 Å². The predicted octanol–water partition coefficient (Wildman–Crippen LogP) is 2.08. The Hall–Kier alpha value is -1.56. The van der Waals surface area contributed by atoms with Gasteiger partial charge in [0.25, 0.3) is 5.91 Å². The Morgan fingerprint density at radius 2 is 1.81 bits per heavy atom. The van der Waals surface area contributed by atoms with Gasteiger partial charge in [-0.05, 0) is 6.92 Å². The van der Waals surface area contributed by atoms with Crippen molar-refractivity contribution in [2.45, 2.75) is 13.0 Å². The molecule has 0 bridgehead atoms. The molecule has 16 heavy (non-hydrogen) atoms. The molecule has 6 heteroatoms. The van der Waals surface area contributed by atoms with Crippen LogP contribution in [0.5, 0.6) is 0 Å². The summed E-state index contributed by atoms with van der Waals surface area (Å²) in [5.74, 6) is -4.87. The lowest BCUT2D eigenvalue weighted by molar-refractivity contribution is -0.124. The highest BCUT2D eigenvalue weighted by Gasteiger charge is 2.15. The van der Waals surface area contributed by atoms with Crippen LogP contribution in [0.2, 0.25) is 0 Å². The quantitative estimate of drug-likeness (QED) is 0.812. The van der Waals surface area contributed by atoms with Crippen molar-refractivity contribution in [3.63, 3.8) is 0 Å². The van der Waals surface area contributed by atoms with Crippen molar-refractivity contribution in [3.05, 3.63) is 29.6 Å². The number of ether oxygens (including phenoxy) is 1. The summed E-state index contributed by atoms with van der Waals surface area (Å²) < 4.78 is 42.8. The lowest BCUT2D eigenvalue weighted by Crippen LogP contribution is -2.26. The average Bonchev–Trinajstić information content (AvgIpc) is 2.24. The molecule has 88 valence electrons. The molecule has 1 aromatic rings. The van der Waals surface area contributed by atoms with Gasteiger partial charge in [-0.25, -0.2) is 13.2 Å². The highest BCUT2D eigenvalue weighted by molar-refractivity contribution is 5.93. The van der Waals surface area contributed by atoms with Crippen molar-refractivity contribution in [2.75, 3.05) is 12.4 Å². The van der Waals surface area contributed by atoms with Crippen molar-refractivity contribution >= 4 is 11.6 Å².